The van der Waals surface area contributed by atoms with Crippen molar-refractivity contribution >= 4 is 28.8 Å². The Kier molecular flexibility index (Phi) is 6.90. The van der Waals surface area contributed by atoms with Crippen molar-refractivity contribution in [3.8, 4) is 11.1 Å². The molecular formula is C48H49NS. The molecule has 1 heterocycles. The summed E-state index contributed by atoms with van der Waals surface area (Å²) in [5.74, 6) is 3.30. The molecule has 5 aliphatic carbocycles. The zero-order valence-electron chi connectivity index (χ0n) is 30.1. The van der Waals surface area contributed by atoms with E-state index in [2.05, 4.69) is 148 Å². The van der Waals surface area contributed by atoms with Gasteiger partial charge in [-0.2, -0.15) is 0 Å². The molecule has 6 aliphatic rings. The maximum Gasteiger partial charge on any atom is 0.0551 e. The third kappa shape index (κ3) is 4.52. The molecule has 0 saturated heterocycles. The summed E-state index contributed by atoms with van der Waals surface area (Å²) < 4.78 is 0. The van der Waals surface area contributed by atoms with Crippen molar-refractivity contribution in [3.05, 3.63) is 138 Å². The van der Waals surface area contributed by atoms with Crippen molar-refractivity contribution in [2.45, 2.75) is 98.7 Å². The van der Waals surface area contributed by atoms with Crippen molar-refractivity contribution in [3.63, 3.8) is 0 Å². The lowest BCUT2D eigenvalue weighted by Gasteiger charge is -2.63. The monoisotopic (exact) mass is 671 g/mol. The minimum atomic E-state index is 0.103. The van der Waals surface area contributed by atoms with Crippen LogP contribution in [0.15, 0.2) is 125 Å². The first-order chi connectivity index (χ1) is 24.2. The Labute approximate surface area is 303 Å². The Bertz CT molecular complexity index is 2080. The van der Waals surface area contributed by atoms with Crippen LogP contribution in [0.4, 0.5) is 17.1 Å². The highest BCUT2D eigenvalue weighted by Crippen LogP contribution is 2.69. The topological polar surface area (TPSA) is 3.24 Å². The van der Waals surface area contributed by atoms with Gasteiger partial charge in [-0.25, -0.2) is 0 Å². The molecule has 5 aromatic carbocycles. The molecule has 0 amide bonds. The molecule has 0 unspecified atom stereocenters. The number of fused-ring (bicyclic) bond motifs is 3. The summed E-state index contributed by atoms with van der Waals surface area (Å²) in [6.07, 6.45) is 9.48. The fraction of sp³-hybridized carbons (Fsp3) is 0.375. The van der Waals surface area contributed by atoms with E-state index in [4.69, 9.17) is 0 Å². The van der Waals surface area contributed by atoms with Gasteiger partial charge in [-0.1, -0.05) is 112 Å². The lowest BCUT2D eigenvalue weighted by Crippen LogP contribution is -2.57. The van der Waals surface area contributed by atoms with Gasteiger partial charge >= 0.3 is 0 Å². The van der Waals surface area contributed by atoms with E-state index in [-0.39, 0.29) is 16.2 Å². The first-order valence-corrected chi connectivity index (χ1v) is 20.1. The normalized spacial score (nSPS) is 27.8. The quantitative estimate of drug-likeness (QED) is 0.187. The average Bonchev–Trinajstić information content (AvgIpc) is 3.12. The Morgan fingerprint density at radius 1 is 0.520 bits per heavy atom. The van der Waals surface area contributed by atoms with E-state index in [1.165, 1.54) is 94.1 Å². The Morgan fingerprint density at radius 2 is 1.14 bits per heavy atom. The second kappa shape index (κ2) is 11.1. The minimum Gasteiger partial charge on any atom is -0.310 e. The lowest BCUT2D eigenvalue weighted by molar-refractivity contribution is -0.0443. The zero-order chi connectivity index (χ0) is 33.8. The third-order valence-corrected chi connectivity index (χ3v) is 15.1. The van der Waals surface area contributed by atoms with Crippen molar-refractivity contribution in [2.24, 2.45) is 23.7 Å². The SMILES string of the molecule is CC1(C)CCC(C)(C)c2cc(N(c3ccccc3)c3cc4c(cc3-c3ccccc3)C3(c5ccccc5S4)C4CC5CC(C4)CC3C5)ccc21. The van der Waals surface area contributed by atoms with Gasteiger partial charge < -0.3 is 4.90 Å². The van der Waals surface area contributed by atoms with Gasteiger partial charge in [-0.05, 0) is 150 Å². The predicted octanol–water partition coefficient (Wildman–Crippen LogP) is 13.4. The third-order valence-electron chi connectivity index (χ3n) is 14.0. The van der Waals surface area contributed by atoms with Crippen molar-refractivity contribution in [1.82, 2.24) is 0 Å². The van der Waals surface area contributed by atoms with E-state index < -0.39 is 0 Å². The van der Waals surface area contributed by atoms with Gasteiger partial charge in [0.2, 0.25) is 0 Å². The number of nitrogens with zero attached hydrogens (tertiary/aromatic N) is 1. The maximum absolute atomic E-state index is 2.69. The van der Waals surface area contributed by atoms with Gasteiger partial charge in [0, 0.05) is 32.1 Å². The highest BCUT2D eigenvalue weighted by Gasteiger charge is 2.60. The number of hydrogen-bond acceptors (Lipinski definition) is 2. The minimum absolute atomic E-state index is 0.103. The molecule has 4 fully saturated rings. The molecular weight excluding hydrogens is 623 g/mol. The number of rotatable bonds is 4. The van der Waals surface area contributed by atoms with Crippen LogP contribution >= 0.6 is 11.8 Å². The molecule has 0 atom stereocenters. The molecule has 0 radical (unpaired) electrons. The summed E-state index contributed by atoms with van der Waals surface area (Å²) in [6, 6.07) is 44.6. The van der Waals surface area contributed by atoms with Crippen molar-refractivity contribution in [2.75, 3.05) is 4.90 Å². The summed E-state index contributed by atoms with van der Waals surface area (Å²) in [5, 5.41) is 0. The number of benzene rings is 5. The molecule has 0 aromatic heterocycles. The molecule has 4 saturated carbocycles. The van der Waals surface area contributed by atoms with Crippen LogP contribution in [-0.4, -0.2) is 0 Å². The number of hydrogen-bond donors (Lipinski definition) is 0. The summed E-state index contributed by atoms with van der Waals surface area (Å²) in [4.78, 5) is 5.52. The van der Waals surface area contributed by atoms with Crippen molar-refractivity contribution < 1.29 is 0 Å². The lowest BCUT2D eigenvalue weighted by atomic mass is 9.42. The van der Waals surface area contributed by atoms with E-state index in [0.29, 0.717) is 0 Å². The van der Waals surface area contributed by atoms with Crippen LogP contribution in [0.25, 0.3) is 11.1 Å². The second-order valence-corrected chi connectivity index (χ2v) is 18.8. The highest BCUT2D eigenvalue weighted by atomic mass is 32.2. The highest BCUT2D eigenvalue weighted by molar-refractivity contribution is 7.99. The molecule has 252 valence electrons. The maximum atomic E-state index is 2.69. The molecule has 0 N–H and O–H groups in total. The standard InChI is InChI=1S/C48H49NS/c1-46(2)21-22-47(3,4)41-28-37(19-20-39(41)46)49(36-15-9-6-10-16-36)43-30-45-42(29-38(43)33-13-7-5-8-14-33)48(40-17-11-12-18-44(40)50-45)34-24-31-23-32(26-34)27-35(48)25-31/h5-20,28-32,34-35H,21-27H2,1-4H3. The van der Waals surface area contributed by atoms with Crippen LogP contribution in [0, 0.1) is 23.7 Å². The van der Waals surface area contributed by atoms with Crippen LogP contribution in [-0.2, 0) is 16.2 Å². The summed E-state index contributed by atoms with van der Waals surface area (Å²) in [5.41, 5.74) is 13.0. The smallest absolute Gasteiger partial charge is 0.0551 e. The number of anilines is 3. The molecule has 2 heteroatoms. The van der Waals surface area contributed by atoms with E-state index in [1.807, 2.05) is 11.8 Å². The van der Waals surface area contributed by atoms with Gasteiger partial charge in [0.15, 0.2) is 0 Å². The summed E-state index contributed by atoms with van der Waals surface area (Å²) in [6.45, 7) is 9.76. The number of para-hydroxylation sites is 1. The van der Waals surface area contributed by atoms with Gasteiger partial charge in [0.05, 0.1) is 5.69 Å². The fourth-order valence-corrected chi connectivity index (χ4v) is 12.9. The average molecular weight is 672 g/mol. The largest absolute Gasteiger partial charge is 0.310 e. The van der Waals surface area contributed by atoms with Crippen LogP contribution in [0.5, 0.6) is 0 Å². The Hall–Kier alpha value is -3.75. The Morgan fingerprint density at radius 3 is 1.84 bits per heavy atom. The summed E-state index contributed by atoms with van der Waals surface area (Å²) >= 11 is 2.02. The molecule has 11 rings (SSSR count). The first kappa shape index (κ1) is 31.0. The van der Waals surface area contributed by atoms with E-state index in [1.54, 1.807) is 11.1 Å². The van der Waals surface area contributed by atoms with Gasteiger partial charge in [0.25, 0.3) is 0 Å². The van der Waals surface area contributed by atoms with Crippen LogP contribution in [0.2, 0.25) is 0 Å². The second-order valence-electron chi connectivity index (χ2n) is 17.7. The fourth-order valence-electron chi connectivity index (χ4n) is 11.7. The molecule has 5 aromatic rings. The molecule has 1 spiro atoms. The van der Waals surface area contributed by atoms with E-state index in [9.17, 15) is 0 Å². The summed E-state index contributed by atoms with van der Waals surface area (Å²) in [7, 11) is 0. The van der Waals surface area contributed by atoms with Gasteiger partial charge in [0.1, 0.15) is 0 Å². The molecule has 1 nitrogen and oxygen atoms in total. The predicted molar refractivity (Wildman–Crippen MR) is 210 cm³/mol. The van der Waals surface area contributed by atoms with Crippen LogP contribution in [0.1, 0.15) is 94.9 Å². The molecule has 50 heavy (non-hydrogen) atoms. The molecule has 4 bridgehead atoms. The van der Waals surface area contributed by atoms with E-state index in [0.717, 1.165) is 23.7 Å². The van der Waals surface area contributed by atoms with E-state index >= 15 is 0 Å². The van der Waals surface area contributed by atoms with Gasteiger partial charge in [-0.15, -0.1) is 0 Å². The van der Waals surface area contributed by atoms with Crippen LogP contribution < -0.4 is 4.90 Å². The van der Waals surface area contributed by atoms with Crippen molar-refractivity contribution in [1.29, 1.82) is 0 Å². The van der Waals surface area contributed by atoms with Crippen LogP contribution in [0.3, 0.4) is 0 Å². The molecule has 1 aliphatic heterocycles. The first-order valence-electron chi connectivity index (χ1n) is 19.2. The van der Waals surface area contributed by atoms with Gasteiger partial charge in [-0.3, -0.25) is 0 Å². The Balaban J connectivity index is 1.24. The zero-order valence-corrected chi connectivity index (χ0v) is 30.9.